The highest BCUT2D eigenvalue weighted by Crippen LogP contribution is 2.16. The highest BCUT2D eigenvalue weighted by atomic mass is 32.1. The normalized spacial score (nSPS) is 9.96. The van der Waals surface area contributed by atoms with Crippen LogP contribution in [-0.2, 0) is 20.7 Å². The summed E-state index contributed by atoms with van der Waals surface area (Å²) in [6.45, 7) is 0.292. The average molecular weight is 386 g/mol. The number of methoxy groups -OCH3 is 1. The van der Waals surface area contributed by atoms with E-state index in [0.717, 1.165) is 5.56 Å². The molecule has 0 bridgehead atoms. The number of ether oxygens (including phenoxy) is 2. The highest BCUT2D eigenvalue weighted by Gasteiger charge is 2.10. The Balaban J connectivity index is 1.64. The van der Waals surface area contributed by atoms with Crippen LogP contribution in [-0.4, -0.2) is 30.7 Å². The van der Waals surface area contributed by atoms with Crippen molar-refractivity contribution in [1.29, 1.82) is 0 Å². The van der Waals surface area contributed by atoms with Gasteiger partial charge in [-0.15, -0.1) is 0 Å². The third-order valence-electron chi connectivity index (χ3n) is 3.63. The topological polar surface area (TPSA) is 76.7 Å². The van der Waals surface area contributed by atoms with Crippen molar-refractivity contribution in [3.8, 4) is 5.75 Å². The molecule has 1 amide bonds. The largest absolute Gasteiger partial charge is 0.497 e. The van der Waals surface area contributed by atoms with Crippen LogP contribution < -0.4 is 15.4 Å². The molecular weight excluding hydrogens is 364 g/mol. The summed E-state index contributed by atoms with van der Waals surface area (Å²) in [5.74, 6) is -0.0875. The van der Waals surface area contributed by atoms with Crippen LogP contribution >= 0.6 is 12.2 Å². The fourth-order valence-corrected chi connectivity index (χ4v) is 2.50. The molecule has 0 aliphatic rings. The Morgan fingerprint density at radius 2 is 1.81 bits per heavy atom. The Morgan fingerprint density at radius 1 is 1.04 bits per heavy atom. The fraction of sp³-hybridized carbons (Fsp3) is 0.250. The minimum absolute atomic E-state index is 0.00238. The third kappa shape index (κ3) is 7.87. The number of esters is 1. The Kier molecular flexibility index (Phi) is 8.25. The molecule has 0 fully saturated rings. The molecule has 0 aliphatic carbocycles. The molecule has 0 saturated carbocycles. The molecule has 2 aromatic carbocycles. The maximum Gasteiger partial charge on any atom is 0.306 e. The number of benzene rings is 2. The van der Waals surface area contributed by atoms with Crippen molar-refractivity contribution < 1.29 is 19.1 Å². The van der Waals surface area contributed by atoms with E-state index in [4.69, 9.17) is 21.7 Å². The first kappa shape index (κ1) is 20.4. The van der Waals surface area contributed by atoms with Gasteiger partial charge in [-0.1, -0.05) is 36.4 Å². The first-order valence-corrected chi connectivity index (χ1v) is 8.92. The van der Waals surface area contributed by atoms with Crippen molar-refractivity contribution in [3.05, 3.63) is 60.2 Å². The number of carbonyl (C=O) groups is 2. The molecular formula is C20H22N2O4S. The van der Waals surface area contributed by atoms with Crippen LogP contribution in [0.15, 0.2) is 54.6 Å². The van der Waals surface area contributed by atoms with Crippen LogP contribution in [0, 0.1) is 0 Å². The molecule has 0 atom stereocenters. The Bertz CT molecular complexity index is 781. The van der Waals surface area contributed by atoms with Crippen LogP contribution in [0.2, 0.25) is 0 Å². The lowest BCUT2D eigenvalue weighted by atomic mass is 10.2. The molecule has 7 heteroatoms. The molecule has 0 heterocycles. The third-order valence-corrected chi connectivity index (χ3v) is 3.84. The number of nitrogens with one attached hydrogen (secondary N) is 2. The van der Waals surface area contributed by atoms with E-state index in [-0.39, 0.29) is 23.9 Å². The van der Waals surface area contributed by atoms with Gasteiger partial charge in [0.2, 0.25) is 5.91 Å². The van der Waals surface area contributed by atoms with Crippen molar-refractivity contribution >= 4 is 34.9 Å². The van der Waals surface area contributed by atoms with Gasteiger partial charge in [-0.3, -0.25) is 9.59 Å². The first-order valence-electron chi connectivity index (χ1n) is 8.51. The number of hydrogen-bond acceptors (Lipinski definition) is 5. The molecule has 0 aromatic heterocycles. The monoisotopic (exact) mass is 386 g/mol. The molecule has 0 saturated heterocycles. The molecule has 0 unspecified atom stereocenters. The number of amides is 1. The predicted molar refractivity (Wildman–Crippen MR) is 108 cm³/mol. The van der Waals surface area contributed by atoms with E-state index >= 15 is 0 Å². The van der Waals surface area contributed by atoms with Gasteiger partial charge in [-0.05, 0) is 29.9 Å². The Labute approximate surface area is 163 Å². The van der Waals surface area contributed by atoms with Gasteiger partial charge in [0.25, 0.3) is 0 Å². The standard InChI is InChI=1S/C20H22N2O4S/c1-25-17-9-5-8-16(14-17)21-20(27)22-18(23)10-11-19(24)26-13-12-15-6-3-2-4-7-15/h2-9,14H,10-13H2,1H3,(H2,21,22,23,27). The van der Waals surface area contributed by atoms with Gasteiger partial charge in [0.15, 0.2) is 5.11 Å². The SMILES string of the molecule is COc1cccc(NC(=S)NC(=O)CCC(=O)OCCc2ccccc2)c1. The lowest BCUT2D eigenvalue weighted by Gasteiger charge is -2.10. The van der Waals surface area contributed by atoms with Crippen LogP contribution in [0.1, 0.15) is 18.4 Å². The second-order valence-corrected chi connectivity index (χ2v) is 6.10. The van der Waals surface area contributed by atoms with Crippen molar-refractivity contribution in [1.82, 2.24) is 5.32 Å². The second-order valence-electron chi connectivity index (χ2n) is 5.69. The van der Waals surface area contributed by atoms with Gasteiger partial charge in [0, 0.05) is 24.6 Å². The summed E-state index contributed by atoms with van der Waals surface area (Å²) in [7, 11) is 1.57. The number of anilines is 1. The number of rotatable bonds is 8. The van der Waals surface area contributed by atoms with Crippen LogP contribution in [0.4, 0.5) is 5.69 Å². The van der Waals surface area contributed by atoms with Crippen molar-refractivity contribution in [2.75, 3.05) is 19.0 Å². The molecule has 6 nitrogen and oxygen atoms in total. The maximum absolute atomic E-state index is 11.9. The molecule has 2 N–H and O–H groups in total. The smallest absolute Gasteiger partial charge is 0.306 e. The summed E-state index contributed by atoms with van der Waals surface area (Å²) in [6.07, 6.45) is 0.653. The van der Waals surface area contributed by atoms with Gasteiger partial charge in [-0.25, -0.2) is 0 Å². The van der Waals surface area contributed by atoms with Gasteiger partial charge in [0.05, 0.1) is 20.1 Å². The van der Waals surface area contributed by atoms with Gasteiger partial charge >= 0.3 is 5.97 Å². The lowest BCUT2D eigenvalue weighted by Crippen LogP contribution is -2.34. The van der Waals surface area contributed by atoms with Crippen molar-refractivity contribution in [2.45, 2.75) is 19.3 Å². The number of thiocarbonyl (C=S) groups is 1. The second kappa shape index (κ2) is 10.9. The predicted octanol–water partition coefficient (Wildman–Crippen LogP) is 3.07. The molecule has 2 rings (SSSR count). The zero-order chi connectivity index (χ0) is 19.5. The molecule has 27 heavy (non-hydrogen) atoms. The van der Waals surface area contributed by atoms with E-state index in [1.165, 1.54) is 0 Å². The zero-order valence-electron chi connectivity index (χ0n) is 15.1. The molecule has 0 radical (unpaired) electrons. The quantitative estimate of drug-likeness (QED) is 0.536. The zero-order valence-corrected chi connectivity index (χ0v) is 15.9. The van der Waals surface area contributed by atoms with Gasteiger partial charge in [0.1, 0.15) is 5.75 Å². The van der Waals surface area contributed by atoms with Crippen molar-refractivity contribution in [3.63, 3.8) is 0 Å². The summed E-state index contributed by atoms with van der Waals surface area (Å²) in [5.41, 5.74) is 1.79. The van der Waals surface area contributed by atoms with E-state index in [2.05, 4.69) is 10.6 Å². The van der Waals surface area contributed by atoms with Gasteiger partial charge in [-0.2, -0.15) is 0 Å². The van der Waals surface area contributed by atoms with E-state index in [0.29, 0.717) is 24.5 Å². The Hall–Kier alpha value is -2.93. The maximum atomic E-state index is 11.9. The van der Waals surface area contributed by atoms with E-state index in [1.54, 1.807) is 31.4 Å². The van der Waals surface area contributed by atoms with Crippen LogP contribution in [0.3, 0.4) is 0 Å². The highest BCUT2D eigenvalue weighted by molar-refractivity contribution is 7.80. The van der Waals surface area contributed by atoms with E-state index in [1.807, 2.05) is 30.3 Å². The average Bonchev–Trinajstić information content (AvgIpc) is 2.67. The lowest BCUT2D eigenvalue weighted by molar-refractivity contribution is -0.144. The molecule has 2 aromatic rings. The van der Waals surface area contributed by atoms with Crippen molar-refractivity contribution in [2.24, 2.45) is 0 Å². The van der Waals surface area contributed by atoms with Gasteiger partial charge < -0.3 is 20.1 Å². The minimum atomic E-state index is -0.409. The number of carbonyl (C=O) groups excluding carboxylic acids is 2. The Morgan fingerprint density at radius 3 is 2.56 bits per heavy atom. The summed E-state index contributed by atoms with van der Waals surface area (Å²) in [6, 6.07) is 16.9. The summed E-state index contributed by atoms with van der Waals surface area (Å²) in [4.78, 5) is 23.6. The summed E-state index contributed by atoms with van der Waals surface area (Å²) < 4.78 is 10.3. The van der Waals surface area contributed by atoms with E-state index in [9.17, 15) is 9.59 Å². The molecule has 0 aliphatic heterocycles. The fourth-order valence-electron chi connectivity index (χ4n) is 2.27. The van der Waals surface area contributed by atoms with Crippen LogP contribution in [0.5, 0.6) is 5.75 Å². The summed E-state index contributed by atoms with van der Waals surface area (Å²) in [5, 5.41) is 5.58. The molecule has 142 valence electrons. The van der Waals surface area contributed by atoms with Crippen LogP contribution in [0.25, 0.3) is 0 Å². The van der Waals surface area contributed by atoms with E-state index < -0.39 is 5.97 Å². The first-order chi connectivity index (χ1) is 13.1. The minimum Gasteiger partial charge on any atom is -0.497 e. The number of hydrogen-bond donors (Lipinski definition) is 2. The molecule has 0 spiro atoms. The summed E-state index contributed by atoms with van der Waals surface area (Å²) >= 11 is 5.10.